The fourth-order valence-electron chi connectivity index (χ4n) is 2.57. The van der Waals surface area contributed by atoms with Crippen molar-refractivity contribution in [2.75, 3.05) is 18.0 Å². The number of anilines is 1. The summed E-state index contributed by atoms with van der Waals surface area (Å²) in [5.74, 6) is -1.98. The molecule has 0 radical (unpaired) electrons. The van der Waals surface area contributed by atoms with Crippen LogP contribution in [-0.2, 0) is 14.4 Å². The maximum atomic E-state index is 12.4. The molecule has 0 aromatic heterocycles. The lowest BCUT2D eigenvalue weighted by atomic mass is 10.1. The van der Waals surface area contributed by atoms with E-state index in [2.05, 4.69) is 21.2 Å². The van der Waals surface area contributed by atoms with Crippen molar-refractivity contribution >= 4 is 39.4 Å². The van der Waals surface area contributed by atoms with Gasteiger partial charge in [-0.1, -0.05) is 12.1 Å². The van der Waals surface area contributed by atoms with Crippen LogP contribution in [0.3, 0.4) is 0 Å². The van der Waals surface area contributed by atoms with Crippen molar-refractivity contribution in [3.8, 4) is 0 Å². The van der Waals surface area contributed by atoms with Crippen molar-refractivity contribution in [2.24, 2.45) is 5.92 Å². The molecule has 0 aliphatic carbocycles. The first-order valence-corrected chi connectivity index (χ1v) is 8.35. The van der Waals surface area contributed by atoms with Gasteiger partial charge in [0, 0.05) is 24.0 Å². The van der Waals surface area contributed by atoms with Gasteiger partial charge < -0.3 is 15.3 Å². The van der Waals surface area contributed by atoms with Crippen LogP contribution in [0.1, 0.15) is 25.7 Å². The molecule has 6 nitrogen and oxygen atoms in total. The quantitative estimate of drug-likeness (QED) is 0.558. The lowest BCUT2D eigenvalue weighted by Crippen LogP contribution is -2.37. The summed E-state index contributed by atoms with van der Waals surface area (Å²) in [5.41, 5.74) is 0.772. The Morgan fingerprint density at radius 2 is 2.04 bits per heavy atom. The molecule has 1 fully saturated rings. The van der Waals surface area contributed by atoms with E-state index >= 15 is 0 Å². The lowest BCUT2D eigenvalue weighted by molar-refractivity contribution is -0.137. The van der Waals surface area contributed by atoms with Crippen molar-refractivity contribution in [1.29, 1.82) is 0 Å². The van der Waals surface area contributed by atoms with Gasteiger partial charge in [-0.05, 0) is 47.3 Å². The van der Waals surface area contributed by atoms with E-state index in [9.17, 15) is 14.4 Å². The van der Waals surface area contributed by atoms with Gasteiger partial charge in [-0.2, -0.15) is 0 Å². The Morgan fingerprint density at radius 1 is 1.30 bits per heavy atom. The SMILES string of the molecule is O=C(O)CCCCNC(=O)C1CCN(c2ccccc2Br)C1=O. The minimum atomic E-state index is -0.841. The average Bonchev–Trinajstić information content (AvgIpc) is 2.88. The van der Waals surface area contributed by atoms with Crippen molar-refractivity contribution in [2.45, 2.75) is 25.7 Å². The monoisotopic (exact) mass is 382 g/mol. The van der Waals surface area contributed by atoms with Crippen LogP contribution in [0.4, 0.5) is 5.69 Å². The molecule has 0 saturated carbocycles. The lowest BCUT2D eigenvalue weighted by Gasteiger charge is -2.18. The molecule has 1 heterocycles. The van der Waals surface area contributed by atoms with Gasteiger partial charge in [0.2, 0.25) is 11.8 Å². The molecule has 23 heavy (non-hydrogen) atoms. The van der Waals surface area contributed by atoms with Crippen molar-refractivity contribution in [3.05, 3.63) is 28.7 Å². The molecule has 1 aromatic carbocycles. The zero-order valence-electron chi connectivity index (χ0n) is 12.6. The Bertz CT molecular complexity index is 605. The molecule has 0 bridgehead atoms. The Morgan fingerprint density at radius 3 is 2.74 bits per heavy atom. The molecule has 2 rings (SSSR count). The van der Waals surface area contributed by atoms with Crippen LogP contribution in [0.2, 0.25) is 0 Å². The molecule has 1 aliphatic rings. The third-order valence-corrected chi connectivity index (χ3v) is 4.45. The summed E-state index contributed by atoms with van der Waals surface area (Å²) >= 11 is 3.42. The smallest absolute Gasteiger partial charge is 0.303 e. The predicted molar refractivity (Wildman–Crippen MR) is 89.1 cm³/mol. The second kappa shape index (κ2) is 8.10. The summed E-state index contributed by atoms with van der Waals surface area (Å²) in [6.45, 7) is 0.906. The number of rotatable bonds is 7. The third kappa shape index (κ3) is 4.54. The number of carbonyl (C=O) groups is 3. The number of halogens is 1. The minimum absolute atomic E-state index is 0.0913. The summed E-state index contributed by atoms with van der Waals surface area (Å²) in [7, 11) is 0. The molecular weight excluding hydrogens is 364 g/mol. The van der Waals surface area contributed by atoms with E-state index in [4.69, 9.17) is 5.11 Å². The number of amides is 2. The zero-order chi connectivity index (χ0) is 16.8. The summed E-state index contributed by atoms with van der Waals surface area (Å²) in [6.07, 6.45) is 1.68. The zero-order valence-corrected chi connectivity index (χ0v) is 14.2. The maximum Gasteiger partial charge on any atom is 0.303 e. The number of nitrogens with one attached hydrogen (secondary N) is 1. The number of hydrogen-bond acceptors (Lipinski definition) is 3. The molecule has 1 atom stereocenters. The molecule has 1 saturated heterocycles. The predicted octanol–water partition coefficient (Wildman–Crippen LogP) is 2.17. The normalized spacial score (nSPS) is 17.3. The second-order valence-electron chi connectivity index (χ2n) is 5.42. The number of aliphatic carboxylic acids is 1. The number of para-hydroxylation sites is 1. The number of carbonyl (C=O) groups excluding carboxylic acids is 2. The minimum Gasteiger partial charge on any atom is -0.481 e. The molecule has 1 aliphatic heterocycles. The first-order valence-electron chi connectivity index (χ1n) is 7.56. The van der Waals surface area contributed by atoms with Crippen LogP contribution in [0, 0.1) is 5.92 Å². The molecular formula is C16H19BrN2O4. The first-order chi connectivity index (χ1) is 11.0. The van der Waals surface area contributed by atoms with Crippen LogP contribution >= 0.6 is 15.9 Å². The highest BCUT2D eigenvalue weighted by atomic mass is 79.9. The van der Waals surface area contributed by atoms with Crippen molar-refractivity contribution in [3.63, 3.8) is 0 Å². The van der Waals surface area contributed by atoms with Crippen LogP contribution < -0.4 is 10.2 Å². The Balaban J connectivity index is 1.85. The van der Waals surface area contributed by atoms with Gasteiger partial charge in [0.15, 0.2) is 0 Å². The van der Waals surface area contributed by atoms with E-state index < -0.39 is 11.9 Å². The number of carboxylic acids is 1. The molecule has 124 valence electrons. The van der Waals surface area contributed by atoms with Crippen LogP contribution in [0.15, 0.2) is 28.7 Å². The highest BCUT2D eigenvalue weighted by molar-refractivity contribution is 9.10. The molecule has 2 N–H and O–H groups in total. The molecule has 7 heteroatoms. The van der Waals surface area contributed by atoms with Gasteiger partial charge in [0.05, 0.1) is 5.69 Å². The summed E-state index contributed by atoms with van der Waals surface area (Å²) in [4.78, 5) is 36.6. The van der Waals surface area contributed by atoms with Gasteiger partial charge in [-0.15, -0.1) is 0 Å². The van der Waals surface area contributed by atoms with E-state index in [1.807, 2.05) is 24.3 Å². The van der Waals surface area contributed by atoms with Gasteiger partial charge in [-0.25, -0.2) is 0 Å². The Kier molecular flexibility index (Phi) is 6.15. The molecule has 0 spiro atoms. The fourth-order valence-corrected chi connectivity index (χ4v) is 3.07. The fraction of sp³-hybridized carbons (Fsp3) is 0.438. The van der Waals surface area contributed by atoms with Gasteiger partial charge in [0.1, 0.15) is 5.92 Å². The summed E-state index contributed by atoms with van der Waals surface area (Å²) < 4.78 is 0.822. The number of unbranched alkanes of at least 4 members (excludes halogenated alkanes) is 1. The molecule has 1 unspecified atom stereocenters. The highest BCUT2D eigenvalue weighted by Gasteiger charge is 2.37. The van der Waals surface area contributed by atoms with E-state index in [-0.39, 0.29) is 18.2 Å². The average molecular weight is 383 g/mol. The largest absolute Gasteiger partial charge is 0.481 e. The number of nitrogens with zero attached hydrogens (tertiary/aromatic N) is 1. The topological polar surface area (TPSA) is 86.7 Å². The Labute approximate surface area is 143 Å². The summed E-state index contributed by atoms with van der Waals surface area (Å²) in [5, 5.41) is 11.3. The second-order valence-corrected chi connectivity index (χ2v) is 6.28. The Hall–Kier alpha value is -1.89. The van der Waals surface area contributed by atoms with E-state index in [0.29, 0.717) is 32.4 Å². The van der Waals surface area contributed by atoms with Crippen LogP contribution in [0.5, 0.6) is 0 Å². The number of carboxylic acid groups (broad SMARTS) is 1. The first kappa shape index (κ1) is 17.5. The van der Waals surface area contributed by atoms with E-state index in [0.717, 1.165) is 10.2 Å². The molecule has 2 amide bonds. The van der Waals surface area contributed by atoms with Crippen molar-refractivity contribution in [1.82, 2.24) is 5.32 Å². The molecule has 1 aromatic rings. The third-order valence-electron chi connectivity index (χ3n) is 3.78. The van der Waals surface area contributed by atoms with Crippen molar-refractivity contribution < 1.29 is 19.5 Å². The van der Waals surface area contributed by atoms with Gasteiger partial charge >= 0.3 is 5.97 Å². The van der Waals surface area contributed by atoms with E-state index in [1.54, 1.807) is 4.90 Å². The van der Waals surface area contributed by atoms with Gasteiger partial charge in [-0.3, -0.25) is 14.4 Å². The van der Waals surface area contributed by atoms with Gasteiger partial charge in [0.25, 0.3) is 0 Å². The summed E-state index contributed by atoms with van der Waals surface area (Å²) in [6, 6.07) is 7.42. The number of hydrogen-bond donors (Lipinski definition) is 2. The van der Waals surface area contributed by atoms with Crippen LogP contribution in [0.25, 0.3) is 0 Å². The standard InChI is InChI=1S/C16H19BrN2O4/c17-12-5-1-2-6-13(12)19-10-8-11(16(19)23)15(22)18-9-4-3-7-14(20)21/h1-2,5-6,11H,3-4,7-10H2,(H,18,22)(H,20,21). The highest BCUT2D eigenvalue weighted by Crippen LogP contribution is 2.31. The van der Waals surface area contributed by atoms with Crippen LogP contribution in [-0.4, -0.2) is 36.0 Å². The van der Waals surface area contributed by atoms with E-state index in [1.165, 1.54) is 0 Å². The number of benzene rings is 1. The maximum absolute atomic E-state index is 12.4.